The van der Waals surface area contributed by atoms with Crippen LogP contribution in [0.4, 0.5) is 0 Å². The van der Waals surface area contributed by atoms with Gasteiger partial charge in [0, 0.05) is 13.0 Å². The van der Waals surface area contributed by atoms with E-state index in [9.17, 15) is 0 Å². The highest BCUT2D eigenvalue weighted by molar-refractivity contribution is 5.68. The van der Waals surface area contributed by atoms with Crippen LogP contribution in [0.5, 0.6) is 0 Å². The van der Waals surface area contributed by atoms with Crippen LogP contribution in [0.1, 0.15) is 18.3 Å². The summed E-state index contributed by atoms with van der Waals surface area (Å²) in [5.41, 5.74) is 3.32. The number of hydrogen-bond acceptors (Lipinski definition) is 4. The third kappa shape index (κ3) is 2.52. The summed E-state index contributed by atoms with van der Waals surface area (Å²) in [5, 5.41) is 0. The molecule has 0 atom stereocenters. The van der Waals surface area contributed by atoms with Crippen molar-refractivity contribution in [1.82, 2.24) is 19.7 Å². The van der Waals surface area contributed by atoms with Gasteiger partial charge in [0.25, 0.3) is 0 Å². The van der Waals surface area contributed by atoms with Crippen molar-refractivity contribution >= 4 is 11.2 Å². The second-order valence-corrected chi connectivity index (χ2v) is 4.57. The Labute approximate surface area is 122 Å². The van der Waals surface area contributed by atoms with Gasteiger partial charge in [-0.2, -0.15) is 0 Å². The zero-order valence-corrected chi connectivity index (χ0v) is 12.1. The van der Waals surface area contributed by atoms with Crippen molar-refractivity contribution in [3.05, 3.63) is 53.5 Å². The Balaban J connectivity index is 2.19. The molecule has 2 aromatic heterocycles. The lowest BCUT2D eigenvalue weighted by Crippen LogP contribution is -2.23. The molecule has 1 N–H and O–H groups in total. The Morgan fingerprint density at radius 1 is 1.29 bits per heavy atom. The molecule has 3 rings (SSSR count). The number of aromatic nitrogens is 4. The lowest BCUT2D eigenvalue weighted by atomic mass is 10.1. The van der Waals surface area contributed by atoms with Crippen molar-refractivity contribution in [2.45, 2.75) is 13.3 Å². The number of rotatable bonds is 4. The van der Waals surface area contributed by atoms with E-state index in [0.717, 1.165) is 16.9 Å². The van der Waals surface area contributed by atoms with E-state index in [0.29, 0.717) is 24.1 Å². The quantitative estimate of drug-likeness (QED) is 0.785. The van der Waals surface area contributed by atoms with Crippen molar-refractivity contribution in [2.75, 3.05) is 13.7 Å². The molecule has 1 aromatic carbocycles. The van der Waals surface area contributed by atoms with Gasteiger partial charge in [-0.15, -0.1) is 4.73 Å². The SMILES string of the molecule is CCN=c1nc(Cc2ccccc2)n(OC)c2nc[nH]c12. The number of nitrogens with zero attached hydrogens (tertiary/aromatic N) is 4. The highest BCUT2D eigenvalue weighted by Gasteiger charge is 2.12. The molecule has 21 heavy (non-hydrogen) atoms. The fourth-order valence-electron chi connectivity index (χ4n) is 2.30. The first-order chi connectivity index (χ1) is 10.3. The van der Waals surface area contributed by atoms with Gasteiger partial charge in [0.05, 0.1) is 6.33 Å². The molecule has 0 saturated carbocycles. The van der Waals surface area contributed by atoms with Gasteiger partial charge in [0.2, 0.25) is 0 Å². The molecule has 2 heterocycles. The number of benzene rings is 1. The molecule has 0 aliphatic rings. The number of hydrogen-bond donors (Lipinski definition) is 1. The van der Waals surface area contributed by atoms with E-state index in [4.69, 9.17) is 4.84 Å². The predicted octanol–water partition coefficient (Wildman–Crippen LogP) is 1.33. The second kappa shape index (κ2) is 5.78. The standard InChI is InChI=1S/C15H17N5O/c1-3-16-14-13-15(18-10-17-13)20(21-2)12(19-14)9-11-7-5-4-6-8-11/h4-8,10H,3,9H2,1-2H3,(H,17,18). The first-order valence-electron chi connectivity index (χ1n) is 6.87. The third-order valence-electron chi connectivity index (χ3n) is 3.20. The Morgan fingerprint density at radius 3 is 2.81 bits per heavy atom. The minimum absolute atomic E-state index is 0.656. The summed E-state index contributed by atoms with van der Waals surface area (Å²) in [6.07, 6.45) is 2.28. The average molecular weight is 283 g/mol. The van der Waals surface area contributed by atoms with Gasteiger partial charge >= 0.3 is 0 Å². The molecule has 0 bridgehead atoms. The minimum atomic E-state index is 0.656. The summed E-state index contributed by atoms with van der Waals surface area (Å²) in [7, 11) is 1.61. The summed E-state index contributed by atoms with van der Waals surface area (Å²) < 4.78 is 1.65. The minimum Gasteiger partial charge on any atom is -0.414 e. The maximum Gasteiger partial charge on any atom is 0.199 e. The number of H-pyrrole nitrogens is 1. The van der Waals surface area contributed by atoms with E-state index >= 15 is 0 Å². The zero-order valence-electron chi connectivity index (χ0n) is 12.1. The molecule has 6 nitrogen and oxygen atoms in total. The molecule has 0 saturated heterocycles. The van der Waals surface area contributed by atoms with E-state index in [2.05, 4.69) is 32.1 Å². The van der Waals surface area contributed by atoms with Gasteiger partial charge in [-0.3, -0.25) is 4.99 Å². The number of fused-ring (bicyclic) bond motifs is 1. The molecule has 0 spiro atoms. The van der Waals surface area contributed by atoms with Crippen molar-refractivity contribution in [2.24, 2.45) is 4.99 Å². The monoisotopic (exact) mass is 283 g/mol. The maximum absolute atomic E-state index is 5.45. The van der Waals surface area contributed by atoms with Crippen LogP contribution in [0.25, 0.3) is 11.2 Å². The predicted molar refractivity (Wildman–Crippen MR) is 79.7 cm³/mol. The summed E-state index contributed by atoms with van der Waals surface area (Å²) in [6, 6.07) is 10.1. The van der Waals surface area contributed by atoms with Gasteiger partial charge in [-0.05, 0) is 12.5 Å². The summed E-state index contributed by atoms with van der Waals surface area (Å²) >= 11 is 0. The van der Waals surface area contributed by atoms with Gasteiger partial charge in [-0.25, -0.2) is 9.97 Å². The topological polar surface area (TPSA) is 68.1 Å². The zero-order chi connectivity index (χ0) is 14.7. The van der Waals surface area contributed by atoms with Crippen molar-refractivity contribution in [3.8, 4) is 0 Å². The molecular formula is C15H17N5O. The second-order valence-electron chi connectivity index (χ2n) is 4.57. The van der Waals surface area contributed by atoms with Crippen LogP contribution in [0.2, 0.25) is 0 Å². The normalized spacial score (nSPS) is 12.0. The van der Waals surface area contributed by atoms with Gasteiger partial charge < -0.3 is 9.82 Å². The maximum atomic E-state index is 5.45. The van der Waals surface area contributed by atoms with Crippen LogP contribution in [-0.2, 0) is 6.42 Å². The van der Waals surface area contributed by atoms with Gasteiger partial charge in [-0.1, -0.05) is 30.3 Å². The summed E-state index contributed by atoms with van der Waals surface area (Å²) in [5.74, 6) is 0.774. The fraction of sp³-hybridized carbons (Fsp3) is 0.267. The smallest absolute Gasteiger partial charge is 0.199 e. The van der Waals surface area contributed by atoms with Crippen LogP contribution in [0, 0.1) is 0 Å². The van der Waals surface area contributed by atoms with Crippen LogP contribution in [0.3, 0.4) is 0 Å². The molecule has 0 aliphatic carbocycles. The van der Waals surface area contributed by atoms with Crippen LogP contribution < -0.4 is 10.3 Å². The molecule has 6 heteroatoms. The van der Waals surface area contributed by atoms with Crippen molar-refractivity contribution in [3.63, 3.8) is 0 Å². The van der Waals surface area contributed by atoms with E-state index < -0.39 is 0 Å². The summed E-state index contributed by atoms with van der Waals surface area (Å²) in [6.45, 7) is 2.65. The van der Waals surface area contributed by atoms with Gasteiger partial charge in [0.1, 0.15) is 12.6 Å². The average Bonchev–Trinajstić information content (AvgIpc) is 2.98. The highest BCUT2D eigenvalue weighted by Crippen LogP contribution is 2.10. The lowest BCUT2D eigenvalue weighted by Gasteiger charge is -2.11. The number of nitrogens with one attached hydrogen (secondary N) is 1. The molecule has 0 radical (unpaired) electrons. The molecule has 0 unspecified atom stereocenters. The Kier molecular flexibility index (Phi) is 3.68. The molecule has 0 aliphatic heterocycles. The van der Waals surface area contributed by atoms with Crippen LogP contribution in [-0.4, -0.2) is 33.3 Å². The van der Waals surface area contributed by atoms with E-state index in [1.54, 1.807) is 18.2 Å². The summed E-state index contributed by atoms with van der Waals surface area (Å²) in [4.78, 5) is 21.9. The molecule has 0 amide bonds. The Hall–Kier alpha value is -2.63. The molecular weight excluding hydrogens is 266 g/mol. The third-order valence-corrected chi connectivity index (χ3v) is 3.20. The van der Waals surface area contributed by atoms with Crippen molar-refractivity contribution in [1.29, 1.82) is 0 Å². The van der Waals surface area contributed by atoms with Crippen molar-refractivity contribution < 1.29 is 4.84 Å². The molecule has 108 valence electrons. The fourth-order valence-corrected chi connectivity index (χ4v) is 2.30. The van der Waals surface area contributed by atoms with E-state index in [1.807, 2.05) is 25.1 Å². The Bertz CT molecular complexity index is 804. The molecule has 0 fully saturated rings. The number of imidazole rings is 1. The van der Waals surface area contributed by atoms with Gasteiger partial charge in [0.15, 0.2) is 17.0 Å². The lowest BCUT2D eigenvalue weighted by molar-refractivity contribution is 0.164. The van der Waals surface area contributed by atoms with E-state index in [1.165, 1.54) is 0 Å². The van der Waals surface area contributed by atoms with Crippen LogP contribution in [0.15, 0.2) is 41.7 Å². The van der Waals surface area contributed by atoms with E-state index in [-0.39, 0.29) is 0 Å². The first-order valence-corrected chi connectivity index (χ1v) is 6.87. The Morgan fingerprint density at radius 2 is 2.10 bits per heavy atom. The first kappa shape index (κ1) is 13.4. The largest absolute Gasteiger partial charge is 0.414 e. The number of aromatic amines is 1. The highest BCUT2D eigenvalue weighted by atomic mass is 16.6. The molecule has 3 aromatic rings. The van der Waals surface area contributed by atoms with Crippen LogP contribution >= 0.6 is 0 Å².